The molecule has 3 rings (SSSR count). The van der Waals surface area contributed by atoms with Crippen LogP contribution in [0, 0.1) is 5.82 Å². The molecule has 2 heterocycles. The first-order valence-electron chi connectivity index (χ1n) is 5.95. The fourth-order valence-corrected chi connectivity index (χ4v) is 1.90. The second-order valence-corrected chi connectivity index (χ2v) is 4.19. The summed E-state index contributed by atoms with van der Waals surface area (Å²) in [6.45, 7) is 0.807. The van der Waals surface area contributed by atoms with Gasteiger partial charge in [0.15, 0.2) is 28.8 Å². The molecular weight excluding hydrogens is 269 g/mol. The molecule has 0 radical (unpaired) electrons. The van der Waals surface area contributed by atoms with E-state index in [2.05, 4.69) is 5.16 Å². The molecule has 1 aromatic heterocycles. The van der Waals surface area contributed by atoms with Gasteiger partial charge in [0.05, 0.1) is 18.8 Å². The molecule has 0 atom stereocenters. The van der Waals surface area contributed by atoms with E-state index in [4.69, 9.17) is 19.1 Å². The van der Waals surface area contributed by atoms with Crippen molar-refractivity contribution in [3.8, 4) is 22.8 Å². The standard InChI is InChI=1S/C13H10FNO5/c14-11-7(10-6-8(13(16)17)15-20-10)2-3-9-12(11)19-5-1-4-18-9/h2-3,6H,1,4-5H2,(H,16,17). The van der Waals surface area contributed by atoms with Crippen LogP contribution in [-0.2, 0) is 0 Å². The third kappa shape index (κ3) is 2.07. The van der Waals surface area contributed by atoms with E-state index in [1.54, 1.807) is 6.07 Å². The molecule has 0 amide bonds. The smallest absolute Gasteiger partial charge is 0.358 e. The first kappa shape index (κ1) is 12.5. The minimum atomic E-state index is -1.24. The Bertz CT molecular complexity index is 667. The van der Waals surface area contributed by atoms with Gasteiger partial charge in [-0.2, -0.15) is 0 Å². The van der Waals surface area contributed by atoms with Gasteiger partial charge in [-0.15, -0.1) is 0 Å². The molecule has 0 saturated heterocycles. The number of carboxylic acid groups (broad SMARTS) is 1. The second kappa shape index (κ2) is 4.84. The van der Waals surface area contributed by atoms with Crippen molar-refractivity contribution < 1.29 is 28.3 Å². The number of rotatable bonds is 2. The van der Waals surface area contributed by atoms with E-state index in [-0.39, 0.29) is 22.8 Å². The zero-order chi connectivity index (χ0) is 14.1. The Kier molecular flexibility index (Phi) is 3.02. The quantitative estimate of drug-likeness (QED) is 0.908. The first-order valence-corrected chi connectivity index (χ1v) is 5.95. The zero-order valence-corrected chi connectivity index (χ0v) is 10.3. The van der Waals surface area contributed by atoms with Crippen molar-refractivity contribution in [3.05, 3.63) is 29.7 Å². The van der Waals surface area contributed by atoms with Gasteiger partial charge in [0, 0.05) is 12.5 Å². The summed E-state index contributed by atoms with van der Waals surface area (Å²) in [6, 6.07) is 4.15. The van der Waals surface area contributed by atoms with Crippen LogP contribution in [0.4, 0.5) is 4.39 Å². The highest BCUT2D eigenvalue weighted by Gasteiger charge is 2.22. The Morgan fingerprint density at radius 3 is 2.85 bits per heavy atom. The van der Waals surface area contributed by atoms with Crippen LogP contribution in [-0.4, -0.2) is 29.4 Å². The SMILES string of the molecule is O=C(O)c1cc(-c2ccc3c(c2F)OCCCO3)on1. The maximum Gasteiger partial charge on any atom is 0.358 e. The van der Waals surface area contributed by atoms with E-state index in [0.717, 1.165) is 6.07 Å². The number of carboxylic acids is 1. The van der Waals surface area contributed by atoms with Crippen LogP contribution < -0.4 is 9.47 Å². The number of fused-ring (bicyclic) bond motifs is 1. The monoisotopic (exact) mass is 279 g/mol. The van der Waals surface area contributed by atoms with Gasteiger partial charge in [-0.25, -0.2) is 9.18 Å². The minimum absolute atomic E-state index is 0.00766. The van der Waals surface area contributed by atoms with Gasteiger partial charge in [-0.3, -0.25) is 0 Å². The Hall–Kier alpha value is -2.57. The average Bonchev–Trinajstić information content (AvgIpc) is 2.78. The first-order chi connectivity index (χ1) is 9.66. The normalized spacial score (nSPS) is 13.8. The summed E-state index contributed by atoms with van der Waals surface area (Å²) in [5, 5.41) is 12.1. The number of hydrogen-bond acceptors (Lipinski definition) is 5. The van der Waals surface area contributed by atoms with Gasteiger partial charge in [-0.1, -0.05) is 5.16 Å². The molecule has 0 bridgehead atoms. The lowest BCUT2D eigenvalue weighted by atomic mass is 10.1. The summed E-state index contributed by atoms with van der Waals surface area (Å²) in [6.07, 6.45) is 0.662. The van der Waals surface area contributed by atoms with Crippen LogP contribution in [0.2, 0.25) is 0 Å². The molecule has 0 aliphatic carbocycles. The Morgan fingerprint density at radius 2 is 2.10 bits per heavy atom. The lowest BCUT2D eigenvalue weighted by Crippen LogP contribution is -1.98. The van der Waals surface area contributed by atoms with Gasteiger partial charge >= 0.3 is 5.97 Å². The van der Waals surface area contributed by atoms with Gasteiger partial charge in [0.2, 0.25) is 0 Å². The molecule has 6 nitrogen and oxygen atoms in total. The van der Waals surface area contributed by atoms with Gasteiger partial charge in [-0.05, 0) is 12.1 Å². The lowest BCUT2D eigenvalue weighted by Gasteiger charge is -2.09. The number of aromatic carboxylic acids is 1. The molecule has 0 spiro atoms. The van der Waals surface area contributed by atoms with Crippen molar-refractivity contribution in [2.24, 2.45) is 0 Å². The molecule has 20 heavy (non-hydrogen) atoms. The number of aromatic nitrogens is 1. The topological polar surface area (TPSA) is 81.8 Å². The molecule has 104 valence electrons. The number of benzene rings is 1. The Balaban J connectivity index is 2.05. The van der Waals surface area contributed by atoms with Crippen LogP contribution in [0.3, 0.4) is 0 Å². The van der Waals surface area contributed by atoms with E-state index in [1.807, 2.05) is 0 Å². The molecule has 1 N–H and O–H groups in total. The van der Waals surface area contributed by atoms with Crippen molar-refractivity contribution in [3.63, 3.8) is 0 Å². The van der Waals surface area contributed by atoms with Crippen LogP contribution in [0.15, 0.2) is 22.7 Å². The predicted octanol–water partition coefficient (Wildman–Crippen LogP) is 2.34. The predicted molar refractivity (Wildman–Crippen MR) is 64.5 cm³/mol. The van der Waals surface area contributed by atoms with Crippen LogP contribution >= 0.6 is 0 Å². The maximum absolute atomic E-state index is 14.4. The van der Waals surface area contributed by atoms with Crippen molar-refractivity contribution in [2.45, 2.75) is 6.42 Å². The third-order valence-corrected chi connectivity index (χ3v) is 2.85. The van der Waals surface area contributed by atoms with Crippen LogP contribution in [0.5, 0.6) is 11.5 Å². The van der Waals surface area contributed by atoms with E-state index in [9.17, 15) is 9.18 Å². The number of halogens is 1. The highest BCUT2D eigenvalue weighted by Crippen LogP contribution is 2.38. The minimum Gasteiger partial charge on any atom is -0.489 e. The summed E-state index contributed by atoms with van der Waals surface area (Å²) >= 11 is 0. The van der Waals surface area contributed by atoms with Gasteiger partial charge < -0.3 is 19.1 Å². The molecule has 0 fully saturated rings. The fourth-order valence-electron chi connectivity index (χ4n) is 1.90. The van der Waals surface area contributed by atoms with Crippen molar-refractivity contribution in [1.82, 2.24) is 5.16 Å². The molecule has 1 aliphatic heterocycles. The second-order valence-electron chi connectivity index (χ2n) is 4.19. The van der Waals surface area contributed by atoms with E-state index < -0.39 is 11.8 Å². The number of hydrogen-bond donors (Lipinski definition) is 1. The molecule has 1 aliphatic rings. The molecule has 7 heteroatoms. The van der Waals surface area contributed by atoms with Crippen molar-refractivity contribution >= 4 is 5.97 Å². The zero-order valence-electron chi connectivity index (χ0n) is 10.3. The summed E-state index contributed by atoms with van der Waals surface area (Å²) in [5.41, 5.74) is -0.208. The van der Waals surface area contributed by atoms with E-state index in [0.29, 0.717) is 25.4 Å². The molecule has 1 aromatic carbocycles. The highest BCUT2D eigenvalue weighted by atomic mass is 19.1. The summed E-state index contributed by atoms with van der Waals surface area (Å²) < 4.78 is 29.9. The van der Waals surface area contributed by atoms with Gasteiger partial charge in [0.25, 0.3) is 0 Å². The van der Waals surface area contributed by atoms with Crippen molar-refractivity contribution in [2.75, 3.05) is 13.2 Å². The summed E-state index contributed by atoms with van der Waals surface area (Å²) in [4.78, 5) is 10.7. The van der Waals surface area contributed by atoms with Crippen molar-refractivity contribution in [1.29, 1.82) is 0 Å². The highest BCUT2D eigenvalue weighted by molar-refractivity contribution is 5.86. The van der Waals surface area contributed by atoms with Crippen LogP contribution in [0.1, 0.15) is 16.9 Å². The average molecular weight is 279 g/mol. The molecule has 0 saturated carbocycles. The summed E-state index contributed by atoms with van der Waals surface area (Å²) in [5.74, 6) is -1.54. The fraction of sp³-hybridized carbons (Fsp3) is 0.231. The number of ether oxygens (including phenoxy) is 2. The Morgan fingerprint density at radius 1 is 1.30 bits per heavy atom. The number of carbonyl (C=O) groups is 1. The van der Waals surface area contributed by atoms with Gasteiger partial charge in [0.1, 0.15) is 0 Å². The summed E-state index contributed by atoms with van der Waals surface area (Å²) in [7, 11) is 0. The van der Waals surface area contributed by atoms with E-state index >= 15 is 0 Å². The number of nitrogens with zero attached hydrogens (tertiary/aromatic N) is 1. The lowest BCUT2D eigenvalue weighted by molar-refractivity contribution is 0.0686. The maximum atomic E-state index is 14.4. The van der Waals surface area contributed by atoms with E-state index in [1.165, 1.54) is 6.07 Å². The third-order valence-electron chi connectivity index (χ3n) is 2.85. The largest absolute Gasteiger partial charge is 0.489 e. The Labute approximate surface area is 112 Å². The molecule has 0 unspecified atom stereocenters. The molecule has 2 aromatic rings. The molecular formula is C13H10FNO5. The van der Waals surface area contributed by atoms with Crippen LogP contribution in [0.25, 0.3) is 11.3 Å².